The number of aromatic nitrogens is 1. The molecule has 0 unspecified atom stereocenters. The van der Waals surface area contributed by atoms with E-state index in [1.54, 1.807) is 30.5 Å². The van der Waals surface area contributed by atoms with Gasteiger partial charge >= 0.3 is 0 Å². The molecule has 88 valence electrons. The summed E-state index contributed by atoms with van der Waals surface area (Å²) in [4.78, 5) is 4.08. The summed E-state index contributed by atoms with van der Waals surface area (Å²) in [7, 11) is 1.53. The maximum atomic E-state index is 13.7. The van der Waals surface area contributed by atoms with Crippen molar-refractivity contribution < 1.29 is 9.13 Å². The maximum absolute atomic E-state index is 13.7. The zero-order valence-electron chi connectivity index (χ0n) is 9.28. The second-order valence-corrected chi connectivity index (χ2v) is 3.76. The third kappa shape index (κ3) is 2.39. The Kier molecular flexibility index (Phi) is 3.59. The molecule has 1 aromatic carbocycles. The molecule has 0 amide bonds. The molecule has 0 aliphatic rings. The summed E-state index contributed by atoms with van der Waals surface area (Å²) in [6.07, 6.45) is 1.58. The van der Waals surface area contributed by atoms with Crippen molar-refractivity contribution in [1.82, 2.24) is 4.98 Å². The van der Waals surface area contributed by atoms with Crippen LogP contribution in [-0.4, -0.2) is 12.1 Å². The lowest BCUT2D eigenvalue weighted by atomic mass is 10.0. The maximum Gasteiger partial charge on any atom is 0.213 e. The highest BCUT2D eigenvalue weighted by Crippen LogP contribution is 2.28. The Morgan fingerprint density at radius 2 is 2.06 bits per heavy atom. The number of alkyl halides is 1. The number of pyridine rings is 1. The minimum Gasteiger partial charge on any atom is -0.481 e. The van der Waals surface area contributed by atoms with E-state index >= 15 is 0 Å². The Hall–Kier alpha value is -1.61. The van der Waals surface area contributed by atoms with E-state index in [1.807, 2.05) is 0 Å². The largest absolute Gasteiger partial charge is 0.481 e. The molecular weight excluding hydrogens is 241 g/mol. The molecule has 0 radical (unpaired) electrons. The van der Waals surface area contributed by atoms with Gasteiger partial charge in [0, 0.05) is 29.3 Å². The third-order valence-corrected chi connectivity index (χ3v) is 2.77. The van der Waals surface area contributed by atoms with Gasteiger partial charge in [-0.15, -0.1) is 11.6 Å². The van der Waals surface area contributed by atoms with E-state index in [4.69, 9.17) is 16.3 Å². The van der Waals surface area contributed by atoms with Crippen molar-refractivity contribution in [3.63, 3.8) is 0 Å². The lowest BCUT2D eigenvalue weighted by Gasteiger charge is -2.09. The molecule has 0 bridgehead atoms. The number of nitrogens with zero attached hydrogens (tertiary/aromatic N) is 1. The van der Waals surface area contributed by atoms with Crippen LogP contribution in [0.25, 0.3) is 11.1 Å². The van der Waals surface area contributed by atoms with E-state index < -0.39 is 0 Å². The van der Waals surface area contributed by atoms with E-state index in [2.05, 4.69) is 4.98 Å². The summed E-state index contributed by atoms with van der Waals surface area (Å²) in [5, 5.41) is 0. The molecule has 0 atom stereocenters. The summed E-state index contributed by atoms with van der Waals surface area (Å²) < 4.78 is 18.7. The number of ether oxygens (including phenoxy) is 1. The molecule has 0 spiro atoms. The van der Waals surface area contributed by atoms with Crippen LogP contribution in [0, 0.1) is 5.82 Å². The summed E-state index contributed by atoms with van der Waals surface area (Å²) in [5.41, 5.74) is 1.99. The molecule has 1 heterocycles. The van der Waals surface area contributed by atoms with Crippen LogP contribution in [0.5, 0.6) is 5.88 Å². The van der Waals surface area contributed by atoms with Gasteiger partial charge in [-0.3, -0.25) is 0 Å². The molecular formula is C13H11ClFNO. The quantitative estimate of drug-likeness (QED) is 0.777. The van der Waals surface area contributed by atoms with Crippen molar-refractivity contribution in [2.45, 2.75) is 5.88 Å². The van der Waals surface area contributed by atoms with Crippen molar-refractivity contribution in [2.75, 3.05) is 7.11 Å². The zero-order chi connectivity index (χ0) is 12.3. The van der Waals surface area contributed by atoms with Crippen LogP contribution in [0.4, 0.5) is 4.39 Å². The lowest BCUT2D eigenvalue weighted by molar-refractivity contribution is 0.397. The van der Waals surface area contributed by atoms with Crippen molar-refractivity contribution >= 4 is 11.6 Å². The van der Waals surface area contributed by atoms with Gasteiger partial charge in [-0.05, 0) is 11.6 Å². The molecule has 0 saturated carbocycles. The summed E-state index contributed by atoms with van der Waals surface area (Å²) in [6.45, 7) is 0. The molecule has 0 aliphatic carbocycles. The molecule has 0 N–H and O–H groups in total. The third-order valence-electron chi connectivity index (χ3n) is 2.48. The van der Waals surface area contributed by atoms with Crippen molar-refractivity contribution in [3.8, 4) is 17.0 Å². The minimum absolute atomic E-state index is 0.280. The first-order valence-corrected chi connectivity index (χ1v) is 5.63. The van der Waals surface area contributed by atoms with E-state index in [0.29, 0.717) is 17.0 Å². The minimum atomic E-state index is -0.286. The average molecular weight is 252 g/mol. The number of halogens is 2. The van der Waals surface area contributed by atoms with Gasteiger partial charge in [-0.25, -0.2) is 9.37 Å². The monoisotopic (exact) mass is 251 g/mol. The molecule has 0 aliphatic heterocycles. The van der Waals surface area contributed by atoms with E-state index in [0.717, 1.165) is 5.56 Å². The van der Waals surface area contributed by atoms with Gasteiger partial charge in [0.1, 0.15) is 5.82 Å². The van der Waals surface area contributed by atoms with Crippen LogP contribution < -0.4 is 4.74 Å². The SMILES string of the molecule is COc1cc(CCl)c(-c2ccccc2F)cn1. The highest BCUT2D eigenvalue weighted by atomic mass is 35.5. The summed E-state index contributed by atoms with van der Waals surface area (Å²) >= 11 is 5.86. The van der Waals surface area contributed by atoms with Gasteiger partial charge in [0.05, 0.1) is 7.11 Å². The molecule has 2 rings (SSSR count). The predicted molar refractivity (Wildman–Crippen MR) is 65.7 cm³/mol. The van der Waals surface area contributed by atoms with E-state index in [-0.39, 0.29) is 11.7 Å². The normalized spacial score (nSPS) is 10.3. The zero-order valence-corrected chi connectivity index (χ0v) is 10.0. The highest BCUT2D eigenvalue weighted by Gasteiger charge is 2.10. The number of hydrogen-bond acceptors (Lipinski definition) is 2. The average Bonchev–Trinajstić information content (AvgIpc) is 2.38. The fourth-order valence-electron chi connectivity index (χ4n) is 1.62. The standard InChI is InChI=1S/C13H11ClFNO/c1-17-13-6-9(7-14)11(8-16-13)10-4-2-3-5-12(10)15/h2-6,8H,7H2,1H3. The molecule has 0 saturated heterocycles. The van der Waals surface area contributed by atoms with E-state index in [9.17, 15) is 4.39 Å². The smallest absolute Gasteiger partial charge is 0.213 e. The Balaban J connectivity index is 2.56. The first kappa shape index (κ1) is 11.9. The first-order chi connectivity index (χ1) is 8.26. The first-order valence-electron chi connectivity index (χ1n) is 5.10. The number of rotatable bonds is 3. The molecule has 2 nitrogen and oxygen atoms in total. The Labute approximate surface area is 104 Å². The topological polar surface area (TPSA) is 22.1 Å². The molecule has 17 heavy (non-hydrogen) atoms. The highest BCUT2D eigenvalue weighted by molar-refractivity contribution is 6.17. The van der Waals surface area contributed by atoms with Crippen LogP contribution in [-0.2, 0) is 5.88 Å². The fraction of sp³-hybridized carbons (Fsp3) is 0.154. The van der Waals surface area contributed by atoms with Crippen LogP contribution in [0.2, 0.25) is 0 Å². The molecule has 4 heteroatoms. The summed E-state index contributed by atoms with van der Waals surface area (Å²) in [6, 6.07) is 8.26. The lowest BCUT2D eigenvalue weighted by Crippen LogP contribution is -1.94. The van der Waals surface area contributed by atoms with Crippen molar-refractivity contribution in [3.05, 3.63) is 47.9 Å². The van der Waals surface area contributed by atoms with Crippen molar-refractivity contribution in [1.29, 1.82) is 0 Å². The summed E-state index contributed by atoms with van der Waals surface area (Å²) in [5.74, 6) is 0.467. The van der Waals surface area contributed by atoms with Gasteiger partial charge in [0.25, 0.3) is 0 Å². The second kappa shape index (κ2) is 5.15. The van der Waals surface area contributed by atoms with Gasteiger partial charge < -0.3 is 4.74 Å². The van der Waals surface area contributed by atoms with Crippen LogP contribution in [0.1, 0.15) is 5.56 Å². The van der Waals surface area contributed by atoms with Crippen LogP contribution >= 0.6 is 11.6 Å². The Morgan fingerprint density at radius 1 is 1.29 bits per heavy atom. The predicted octanol–water partition coefficient (Wildman–Crippen LogP) is 3.64. The molecule has 0 fully saturated rings. The van der Waals surface area contributed by atoms with Gasteiger partial charge in [0.15, 0.2) is 0 Å². The van der Waals surface area contributed by atoms with E-state index in [1.165, 1.54) is 13.2 Å². The van der Waals surface area contributed by atoms with Gasteiger partial charge in [-0.1, -0.05) is 18.2 Å². The number of benzene rings is 1. The molecule has 2 aromatic rings. The molecule has 1 aromatic heterocycles. The van der Waals surface area contributed by atoms with Crippen molar-refractivity contribution in [2.24, 2.45) is 0 Å². The van der Waals surface area contributed by atoms with Crippen LogP contribution in [0.15, 0.2) is 36.5 Å². The van der Waals surface area contributed by atoms with Crippen LogP contribution in [0.3, 0.4) is 0 Å². The van der Waals surface area contributed by atoms with Gasteiger partial charge in [-0.2, -0.15) is 0 Å². The number of methoxy groups -OCH3 is 1. The second-order valence-electron chi connectivity index (χ2n) is 3.50. The number of hydrogen-bond donors (Lipinski definition) is 0. The van der Waals surface area contributed by atoms with Gasteiger partial charge in [0.2, 0.25) is 5.88 Å². The fourth-order valence-corrected chi connectivity index (χ4v) is 1.84. The Bertz CT molecular complexity index is 531. The Morgan fingerprint density at radius 3 is 2.71 bits per heavy atom.